The SMILES string of the molecule is C[C@H](NC(=O)[C@@H](Cc1ccc(-c2ccccc2)cc1)CP(=O)(O)[C@H](C)N)C(=O)O. The van der Waals surface area contributed by atoms with E-state index in [1.807, 2.05) is 54.6 Å². The summed E-state index contributed by atoms with van der Waals surface area (Å²) < 4.78 is 12.4. The predicted molar refractivity (Wildman–Crippen MR) is 113 cm³/mol. The Bertz CT molecular complexity index is 884. The summed E-state index contributed by atoms with van der Waals surface area (Å²) in [7, 11) is -3.77. The molecule has 0 fully saturated rings. The normalized spacial score (nSPS) is 16.3. The zero-order valence-corrected chi connectivity index (χ0v) is 17.4. The molecule has 0 aliphatic carbocycles. The Morgan fingerprint density at radius 3 is 2.10 bits per heavy atom. The number of carbonyl (C=O) groups is 2. The van der Waals surface area contributed by atoms with E-state index >= 15 is 0 Å². The standard InChI is InChI=1S/C21H27N2O5P/c1-14(21(25)26)23-20(24)19(13-29(27,28)15(2)22)12-16-8-10-18(11-9-16)17-6-4-3-5-7-17/h3-11,14-15,19H,12-13,22H2,1-2H3,(H,23,24)(H,25,26)(H,27,28)/t14-,15+,19-/m0/s1. The van der Waals surface area contributed by atoms with Gasteiger partial charge in [0, 0.05) is 6.16 Å². The molecule has 0 saturated carbocycles. The molecule has 8 heteroatoms. The highest BCUT2D eigenvalue weighted by Crippen LogP contribution is 2.46. The number of carbonyl (C=O) groups excluding carboxylic acids is 1. The average molecular weight is 418 g/mol. The zero-order chi connectivity index (χ0) is 21.6. The van der Waals surface area contributed by atoms with Crippen LogP contribution in [0, 0.1) is 5.92 Å². The van der Waals surface area contributed by atoms with Crippen LogP contribution in [0.15, 0.2) is 54.6 Å². The van der Waals surface area contributed by atoms with Gasteiger partial charge in [-0.05, 0) is 37.0 Å². The summed E-state index contributed by atoms with van der Waals surface area (Å²) in [5.41, 5.74) is 8.48. The maximum absolute atomic E-state index is 12.6. The molecule has 7 nitrogen and oxygen atoms in total. The highest BCUT2D eigenvalue weighted by Gasteiger charge is 2.33. The molecule has 2 rings (SSSR count). The fourth-order valence-electron chi connectivity index (χ4n) is 2.86. The van der Waals surface area contributed by atoms with Crippen molar-refractivity contribution in [2.45, 2.75) is 32.1 Å². The molecule has 0 heterocycles. The van der Waals surface area contributed by atoms with Gasteiger partial charge in [-0.15, -0.1) is 0 Å². The third-order valence-corrected chi connectivity index (χ3v) is 7.00. The van der Waals surface area contributed by atoms with Gasteiger partial charge in [-0.3, -0.25) is 14.2 Å². The first-order valence-electron chi connectivity index (χ1n) is 9.35. The van der Waals surface area contributed by atoms with Crippen LogP contribution >= 0.6 is 7.37 Å². The predicted octanol–water partition coefficient (Wildman–Crippen LogP) is 2.68. The summed E-state index contributed by atoms with van der Waals surface area (Å²) in [6.07, 6.45) is -0.117. The van der Waals surface area contributed by atoms with Crippen LogP contribution < -0.4 is 11.1 Å². The molecule has 1 amide bonds. The quantitative estimate of drug-likeness (QED) is 0.463. The number of carboxylic acid groups (broad SMARTS) is 1. The number of hydrogen-bond donors (Lipinski definition) is 4. The van der Waals surface area contributed by atoms with E-state index < -0.39 is 37.0 Å². The lowest BCUT2D eigenvalue weighted by molar-refractivity contribution is -0.141. The van der Waals surface area contributed by atoms with E-state index in [4.69, 9.17) is 10.8 Å². The number of rotatable bonds is 9. The molecule has 0 aliphatic rings. The van der Waals surface area contributed by atoms with Gasteiger partial charge in [-0.1, -0.05) is 54.6 Å². The van der Waals surface area contributed by atoms with Gasteiger partial charge in [0.1, 0.15) is 6.04 Å². The molecule has 0 aromatic heterocycles. The number of hydrogen-bond acceptors (Lipinski definition) is 4. The molecule has 2 aromatic carbocycles. The molecule has 5 N–H and O–H groups in total. The monoisotopic (exact) mass is 418 g/mol. The minimum Gasteiger partial charge on any atom is -0.480 e. The molecule has 0 radical (unpaired) electrons. The van der Waals surface area contributed by atoms with Crippen LogP contribution in [-0.2, 0) is 20.6 Å². The fraction of sp³-hybridized carbons (Fsp3) is 0.333. The molecule has 29 heavy (non-hydrogen) atoms. The van der Waals surface area contributed by atoms with Gasteiger partial charge in [0.15, 0.2) is 0 Å². The van der Waals surface area contributed by atoms with Crippen LogP contribution in [0.1, 0.15) is 19.4 Å². The van der Waals surface area contributed by atoms with Gasteiger partial charge in [0.05, 0.1) is 11.7 Å². The van der Waals surface area contributed by atoms with Crippen molar-refractivity contribution < 1.29 is 24.2 Å². The molecular formula is C21H27N2O5P. The molecule has 0 spiro atoms. The Hall–Kier alpha value is -2.47. The molecule has 2 aromatic rings. The van der Waals surface area contributed by atoms with E-state index in [9.17, 15) is 19.0 Å². The largest absolute Gasteiger partial charge is 0.480 e. The first-order chi connectivity index (χ1) is 13.6. The minimum atomic E-state index is -3.77. The van der Waals surface area contributed by atoms with Gasteiger partial charge >= 0.3 is 5.97 Å². The number of nitrogens with two attached hydrogens (primary N) is 1. The lowest BCUT2D eigenvalue weighted by atomic mass is 9.97. The molecule has 0 saturated heterocycles. The van der Waals surface area contributed by atoms with Crippen molar-refractivity contribution in [1.82, 2.24) is 5.32 Å². The first-order valence-corrected chi connectivity index (χ1v) is 11.3. The maximum atomic E-state index is 12.6. The number of carboxylic acids is 1. The number of nitrogens with one attached hydrogen (secondary N) is 1. The molecular weight excluding hydrogens is 391 g/mol. The Morgan fingerprint density at radius 2 is 1.59 bits per heavy atom. The highest BCUT2D eigenvalue weighted by atomic mass is 31.2. The molecule has 4 atom stereocenters. The molecule has 156 valence electrons. The van der Waals surface area contributed by atoms with Crippen molar-refractivity contribution in [2.24, 2.45) is 11.7 Å². The van der Waals surface area contributed by atoms with Gasteiger partial charge in [-0.2, -0.15) is 0 Å². The Labute approximate surface area is 170 Å². The molecule has 0 aliphatic heterocycles. The summed E-state index contributed by atoms with van der Waals surface area (Å²) in [5.74, 6) is -3.61. The third-order valence-electron chi connectivity index (χ3n) is 4.76. The van der Waals surface area contributed by atoms with E-state index in [1.54, 1.807) is 0 Å². The minimum absolute atomic E-state index is 0.199. The van der Waals surface area contributed by atoms with Crippen LogP contribution in [0.3, 0.4) is 0 Å². The van der Waals surface area contributed by atoms with E-state index in [0.29, 0.717) is 0 Å². The second kappa shape index (κ2) is 9.83. The Kier molecular flexibility index (Phi) is 7.73. The third kappa shape index (κ3) is 6.53. The Morgan fingerprint density at radius 1 is 1.03 bits per heavy atom. The first kappa shape index (κ1) is 22.8. The van der Waals surface area contributed by atoms with Gasteiger partial charge in [0.25, 0.3) is 0 Å². The van der Waals surface area contributed by atoms with Gasteiger partial charge in [-0.25, -0.2) is 0 Å². The fourth-order valence-corrected chi connectivity index (χ4v) is 4.12. The van der Waals surface area contributed by atoms with Gasteiger partial charge < -0.3 is 21.1 Å². The van der Waals surface area contributed by atoms with E-state index in [2.05, 4.69) is 5.32 Å². The smallest absolute Gasteiger partial charge is 0.325 e. The van der Waals surface area contributed by atoms with Crippen molar-refractivity contribution in [2.75, 3.05) is 6.16 Å². The van der Waals surface area contributed by atoms with Crippen LogP contribution in [0.25, 0.3) is 11.1 Å². The van der Waals surface area contributed by atoms with Crippen LogP contribution in [-0.4, -0.2) is 39.9 Å². The van der Waals surface area contributed by atoms with Gasteiger partial charge in [0.2, 0.25) is 13.3 Å². The van der Waals surface area contributed by atoms with Crippen molar-refractivity contribution >= 4 is 19.2 Å². The Balaban J connectivity index is 2.21. The van der Waals surface area contributed by atoms with Crippen molar-refractivity contribution in [3.05, 3.63) is 60.2 Å². The zero-order valence-electron chi connectivity index (χ0n) is 16.5. The second-order valence-electron chi connectivity index (χ2n) is 7.21. The lowest BCUT2D eigenvalue weighted by Crippen LogP contribution is -2.43. The van der Waals surface area contributed by atoms with E-state index in [1.165, 1.54) is 13.8 Å². The topological polar surface area (TPSA) is 130 Å². The summed E-state index contributed by atoms with van der Waals surface area (Å²) in [6.45, 7) is 2.76. The van der Waals surface area contributed by atoms with Crippen LogP contribution in [0.4, 0.5) is 0 Å². The average Bonchev–Trinajstić information content (AvgIpc) is 2.68. The van der Waals surface area contributed by atoms with Crippen molar-refractivity contribution in [1.29, 1.82) is 0 Å². The molecule has 1 unspecified atom stereocenters. The van der Waals surface area contributed by atoms with Crippen LogP contribution in [0.2, 0.25) is 0 Å². The lowest BCUT2D eigenvalue weighted by Gasteiger charge is -2.23. The highest BCUT2D eigenvalue weighted by molar-refractivity contribution is 7.58. The number of aliphatic carboxylic acids is 1. The summed E-state index contributed by atoms with van der Waals surface area (Å²) in [6, 6.07) is 16.3. The molecule has 0 bridgehead atoms. The summed E-state index contributed by atoms with van der Waals surface area (Å²) in [4.78, 5) is 33.8. The van der Waals surface area contributed by atoms with Crippen molar-refractivity contribution in [3.63, 3.8) is 0 Å². The number of benzene rings is 2. The van der Waals surface area contributed by atoms with E-state index in [0.717, 1.165) is 16.7 Å². The second-order valence-corrected chi connectivity index (χ2v) is 9.90. The summed E-state index contributed by atoms with van der Waals surface area (Å²) in [5, 5.41) is 11.4. The summed E-state index contributed by atoms with van der Waals surface area (Å²) >= 11 is 0. The number of amides is 1. The van der Waals surface area contributed by atoms with E-state index in [-0.39, 0.29) is 12.6 Å². The maximum Gasteiger partial charge on any atom is 0.325 e. The van der Waals surface area contributed by atoms with Crippen LogP contribution in [0.5, 0.6) is 0 Å². The van der Waals surface area contributed by atoms with Crippen molar-refractivity contribution in [3.8, 4) is 11.1 Å².